The molecule has 0 aromatic carbocycles. The van der Waals surface area contributed by atoms with Gasteiger partial charge in [-0.2, -0.15) is 0 Å². The average Bonchev–Trinajstić information content (AvgIpc) is 2.54. The van der Waals surface area contributed by atoms with Gasteiger partial charge in [0.2, 0.25) is 0 Å². The lowest BCUT2D eigenvalue weighted by Crippen LogP contribution is -2.46. The summed E-state index contributed by atoms with van der Waals surface area (Å²) in [6, 6.07) is 3.76. The smallest absolute Gasteiger partial charge is 0.263 e. The van der Waals surface area contributed by atoms with Gasteiger partial charge in [-0.25, -0.2) is 0 Å². The minimum atomic E-state index is -0.510. The largest absolute Gasteiger partial charge is 0.479 e. The second-order valence-electron chi connectivity index (χ2n) is 4.96. The Bertz CT molecular complexity index is 444. The molecule has 6 heteroatoms. The molecule has 0 aliphatic carbocycles. The molecule has 0 saturated carbocycles. The topological polar surface area (TPSA) is 63.7 Å². The number of rotatable bonds is 6. The summed E-state index contributed by atoms with van der Waals surface area (Å²) in [7, 11) is 0. The van der Waals surface area contributed by atoms with Crippen LogP contribution in [0.25, 0.3) is 0 Å². The van der Waals surface area contributed by atoms with E-state index < -0.39 is 6.10 Å². The van der Waals surface area contributed by atoms with Gasteiger partial charge in [0.25, 0.3) is 5.91 Å². The minimum Gasteiger partial charge on any atom is -0.479 e. The van der Waals surface area contributed by atoms with Crippen LogP contribution >= 0.6 is 0 Å². The van der Waals surface area contributed by atoms with Crippen molar-refractivity contribution in [3.05, 3.63) is 24.0 Å². The van der Waals surface area contributed by atoms with E-state index in [9.17, 15) is 4.79 Å². The van der Waals surface area contributed by atoms with Crippen LogP contribution < -0.4 is 10.1 Å². The van der Waals surface area contributed by atoms with Crippen molar-refractivity contribution in [2.45, 2.75) is 26.5 Å². The Balaban J connectivity index is 1.86. The van der Waals surface area contributed by atoms with Gasteiger partial charge in [0, 0.05) is 19.6 Å². The maximum Gasteiger partial charge on any atom is 0.263 e. The second kappa shape index (κ2) is 7.95. The van der Waals surface area contributed by atoms with E-state index >= 15 is 0 Å². The van der Waals surface area contributed by atoms with Gasteiger partial charge in [0.15, 0.2) is 6.10 Å². The molecule has 1 aromatic heterocycles. The standard InChI is InChI=1S/C15H23N3O3/c1-3-16-10-13-4-5-14(11-17-13)21-12(2)15(19)18-6-8-20-9-7-18/h4-5,11-12,16H,3,6-10H2,1-2H3. The number of carbonyl (C=O) groups is 1. The first-order chi connectivity index (χ1) is 10.2. The van der Waals surface area contributed by atoms with Crippen LogP contribution in [-0.4, -0.2) is 54.7 Å². The lowest BCUT2D eigenvalue weighted by atomic mass is 10.3. The molecule has 0 spiro atoms. The molecular weight excluding hydrogens is 270 g/mol. The van der Waals surface area contributed by atoms with Gasteiger partial charge in [-0.1, -0.05) is 6.92 Å². The van der Waals surface area contributed by atoms with Crippen LogP contribution in [0.15, 0.2) is 18.3 Å². The Morgan fingerprint density at radius 2 is 2.24 bits per heavy atom. The zero-order chi connectivity index (χ0) is 15.1. The summed E-state index contributed by atoms with van der Waals surface area (Å²) in [5.74, 6) is 0.611. The molecule has 0 radical (unpaired) electrons. The molecule has 1 aromatic rings. The highest BCUT2D eigenvalue weighted by Crippen LogP contribution is 2.13. The first-order valence-electron chi connectivity index (χ1n) is 7.39. The number of ether oxygens (including phenoxy) is 2. The molecule has 116 valence electrons. The van der Waals surface area contributed by atoms with Crippen molar-refractivity contribution < 1.29 is 14.3 Å². The molecule has 2 rings (SSSR count). The molecule has 0 bridgehead atoms. The monoisotopic (exact) mass is 293 g/mol. The van der Waals surface area contributed by atoms with Gasteiger partial charge < -0.3 is 19.7 Å². The average molecular weight is 293 g/mol. The third-order valence-electron chi connectivity index (χ3n) is 3.34. The SMILES string of the molecule is CCNCc1ccc(OC(C)C(=O)N2CCOCC2)cn1. The molecule has 1 amide bonds. The number of pyridine rings is 1. The predicted octanol–water partition coefficient (Wildman–Crippen LogP) is 0.817. The summed E-state index contributed by atoms with van der Waals surface area (Å²) in [5, 5.41) is 3.21. The fourth-order valence-electron chi connectivity index (χ4n) is 2.13. The van der Waals surface area contributed by atoms with Gasteiger partial charge in [0.1, 0.15) is 5.75 Å². The molecular formula is C15H23N3O3. The highest BCUT2D eigenvalue weighted by molar-refractivity contribution is 5.81. The molecule has 1 N–H and O–H groups in total. The fourth-order valence-corrected chi connectivity index (χ4v) is 2.13. The van der Waals surface area contributed by atoms with Crippen molar-refractivity contribution in [3.8, 4) is 5.75 Å². The van der Waals surface area contributed by atoms with Crippen molar-refractivity contribution in [1.82, 2.24) is 15.2 Å². The predicted molar refractivity (Wildman–Crippen MR) is 79.1 cm³/mol. The lowest BCUT2D eigenvalue weighted by Gasteiger charge is -2.29. The zero-order valence-corrected chi connectivity index (χ0v) is 12.7. The Morgan fingerprint density at radius 1 is 1.48 bits per heavy atom. The van der Waals surface area contributed by atoms with Gasteiger partial charge in [-0.15, -0.1) is 0 Å². The molecule has 1 unspecified atom stereocenters. The highest BCUT2D eigenvalue weighted by Gasteiger charge is 2.23. The highest BCUT2D eigenvalue weighted by atomic mass is 16.5. The molecule has 6 nitrogen and oxygen atoms in total. The minimum absolute atomic E-state index is 0.00461. The quantitative estimate of drug-likeness (QED) is 0.841. The fraction of sp³-hybridized carbons (Fsp3) is 0.600. The van der Waals surface area contributed by atoms with E-state index in [1.165, 1.54) is 0 Å². The van der Waals surface area contributed by atoms with E-state index in [1.807, 2.05) is 12.1 Å². The molecule has 1 saturated heterocycles. The van der Waals surface area contributed by atoms with Crippen LogP contribution in [-0.2, 0) is 16.1 Å². The Morgan fingerprint density at radius 3 is 2.86 bits per heavy atom. The summed E-state index contributed by atoms with van der Waals surface area (Å²) in [6.45, 7) is 7.92. The number of hydrogen-bond acceptors (Lipinski definition) is 5. The maximum absolute atomic E-state index is 12.2. The van der Waals surface area contributed by atoms with E-state index in [-0.39, 0.29) is 5.91 Å². The van der Waals surface area contributed by atoms with Gasteiger partial charge in [-0.05, 0) is 25.6 Å². The van der Waals surface area contributed by atoms with Crippen molar-refractivity contribution in [1.29, 1.82) is 0 Å². The van der Waals surface area contributed by atoms with E-state index in [0.717, 1.165) is 18.8 Å². The summed E-state index contributed by atoms with van der Waals surface area (Å²) in [4.78, 5) is 18.3. The maximum atomic E-state index is 12.2. The van der Waals surface area contributed by atoms with Gasteiger partial charge >= 0.3 is 0 Å². The number of aromatic nitrogens is 1. The Hall–Kier alpha value is -1.66. The van der Waals surface area contributed by atoms with E-state index in [4.69, 9.17) is 9.47 Å². The summed E-state index contributed by atoms with van der Waals surface area (Å²) in [5.41, 5.74) is 0.955. The first-order valence-corrected chi connectivity index (χ1v) is 7.39. The number of hydrogen-bond donors (Lipinski definition) is 1. The van der Waals surface area contributed by atoms with Gasteiger partial charge in [-0.3, -0.25) is 9.78 Å². The van der Waals surface area contributed by atoms with Gasteiger partial charge in [0.05, 0.1) is 25.1 Å². The Labute approximate surface area is 125 Å². The van der Waals surface area contributed by atoms with E-state index in [1.54, 1.807) is 18.0 Å². The third kappa shape index (κ3) is 4.68. The summed E-state index contributed by atoms with van der Waals surface area (Å²) >= 11 is 0. The van der Waals surface area contributed by atoms with Crippen molar-refractivity contribution in [2.24, 2.45) is 0 Å². The van der Waals surface area contributed by atoms with Crippen molar-refractivity contribution in [2.75, 3.05) is 32.8 Å². The molecule has 1 aliphatic rings. The van der Waals surface area contributed by atoms with Crippen LogP contribution in [0.2, 0.25) is 0 Å². The van der Waals surface area contributed by atoms with Crippen LogP contribution in [0.5, 0.6) is 5.75 Å². The molecule has 1 fully saturated rings. The Kier molecular flexibility index (Phi) is 5.95. The lowest BCUT2D eigenvalue weighted by molar-refractivity contribution is -0.142. The first kappa shape index (κ1) is 15.7. The third-order valence-corrected chi connectivity index (χ3v) is 3.34. The number of carbonyl (C=O) groups excluding carboxylic acids is 1. The summed E-state index contributed by atoms with van der Waals surface area (Å²) in [6.07, 6.45) is 1.15. The zero-order valence-electron chi connectivity index (χ0n) is 12.7. The van der Waals surface area contributed by atoms with Crippen LogP contribution in [0.1, 0.15) is 19.5 Å². The normalized spacial score (nSPS) is 16.6. The number of morpholine rings is 1. The van der Waals surface area contributed by atoms with Crippen molar-refractivity contribution >= 4 is 5.91 Å². The van der Waals surface area contributed by atoms with Crippen LogP contribution in [0.3, 0.4) is 0 Å². The molecule has 21 heavy (non-hydrogen) atoms. The molecule has 1 atom stereocenters. The number of nitrogens with zero attached hydrogens (tertiary/aromatic N) is 2. The summed E-state index contributed by atoms with van der Waals surface area (Å²) < 4.78 is 10.9. The number of nitrogens with one attached hydrogen (secondary N) is 1. The van der Waals surface area contributed by atoms with E-state index in [2.05, 4.69) is 17.2 Å². The van der Waals surface area contributed by atoms with Crippen LogP contribution in [0, 0.1) is 0 Å². The second-order valence-corrected chi connectivity index (χ2v) is 4.96. The van der Waals surface area contributed by atoms with Crippen LogP contribution in [0.4, 0.5) is 0 Å². The molecule has 1 aliphatic heterocycles. The van der Waals surface area contributed by atoms with E-state index in [0.29, 0.717) is 32.1 Å². The van der Waals surface area contributed by atoms with Crippen molar-refractivity contribution in [3.63, 3.8) is 0 Å². The molecule has 2 heterocycles. The number of amides is 1.